The summed E-state index contributed by atoms with van der Waals surface area (Å²) in [4.78, 5) is 26.2. The lowest BCUT2D eigenvalue weighted by molar-refractivity contribution is 0.0601. The Hall–Kier alpha value is -2.41. The summed E-state index contributed by atoms with van der Waals surface area (Å²) in [6.45, 7) is 1.72. The predicted molar refractivity (Wildman–Crippen MR) is 92.5 cm³/mol. The molecule has 2 amide bonds. The third-order valence-electron chi connectivity index (χ3n) is 4.36. The van der Waals surface area contributed by atoms with E-state index in [1.165, 1.54) is 18.2 Å². The van der Waals surface area contributed by atoms with Gasteiger partial charge in [-0.2, -0.15) is 4.37 Å². The molecule has 0 aliphatic heterocycles. The number of aromatic nitrogens is 1. The van der Waals surface area contributed by atoms with E-state index >= 15 is 0 Å². The van der Waals surface area contributed by atoms with Crippen molar-refractivity contribution in [2.24, 2.45) is 0 Å². The van der Waals surface area contributed by atoms with Gasteiger partial charge in [-0.3, -0.25) is 5.32 Å². The van der Waals surface area contributed by atoms with Gasteiger partial charge in [0, 0.05) is 7.05 Å². The maximum atomic E-state index is 12.6. The minimum Gasteiger partial charge on any atom is -0.465 e. The Kier molecular flexibility index (Phi) is 4.53. The molecule has 0 bridgehead atoms. The van der Waals surface area contributed by atoms with Gasteiger partial charge in [-0.1, -0.05) is 24.3 Å². The van der Waals surface area contributed by atoms with Crippen molar-refractivity contribution in [3.63, 3.8) is 0 Å². The number of methoxy groups -OCH3 is 1. The largest absolute Gasteiger partial charge is 0.465 e. The molecule has 0 saturated heterocycles. The SMILES string of the molecule is COC(=O)c1c(C)nsc1NC(=O)N(C)[C@H]1CCc2ccccc21. The Bertz CT molecular complexity index is 787. The molecule has 1 aromatic heterocycles. The van der Waals surface area contributed by atoms with E-state index in [0.29, 0.717) is 16.3 Å². The standard InChI is InChI=1S/C17H19N3O3S/c1-10-14(16(21)23-3)15(24-19-10)18-17(22)20(2)13-9-8-11-6-4-5-7-12(11)13/h4-7,13H,8-9H2,1-3H3,(H,18,22)/t13-/m0/s1. The second kappa shape index (κ2) is 6.60. The van der Waals surface area contributed by atoms with Crippen LogP contribution in [0.25, 0.3) is 0 Å². The summed E-state index contributed by atoms with van der Waals surface area (Å²) in [6.07, 6.45) is 1.86. The molecule has 0 unspecified atom stereocenters. The smallest absolute Gasteiger partial charge is 0.342 e. The molecule has 1 aromatic carbocycles. The summed E-state index contributed by atoms with van der Waals surface area (Å²) in [5.41, 5.74) is 3.34. The molecule has 1 N–H and O–H groups in total. The molecule has 1 aliphatic carbocycles. The number of carbonyl (C=O) groups is 2. The van der Waals surface area contributed by atoms with Crippen LogP contribution in [-0.4, -0.2) is 35.4 Å². The van der Waals surface area contributed by atoms with E-state index in [0.717, 1.165) is 24.4 Å². The van der Waals surface area contributed by atoms with Gasteiger partial charge in [-0.05, 0) is 42.4 Å². The maximum Gasteiger partial charge on any atom is 0.342 e. The summed E-state index contributed by atoms with van der Waals surface area (Å²) in [5, 5.41) is 3.22. The number of nitrogens with zero attached hydrogens (tertiary/aromatic N) is 2. The molecule has 0 saturated carbocycles. The van der Waals surface area contributed by atoms with Gasteiger partial charge in [0.05, 0.1) is 18.8 Å². The number of esters is 1. The number of urea groups is 1. The molecule has 1 aliphatic rings. The second-order valence-corrected chi connectivity index (χ2v) is 6.53. The van der Waals surface area contributed by atoms with Crippen molar-refractivity contribution in [2.75, 3.05) is 19.5 Å². The van der Waals surface area contributed by atoms with Crippen LogP contribution in [0.5, 0.6) is 0 Å². The van der Waals surface area contributed by atoms with E-state index in [1.54, 1.807) is 18.9 Å². The Morgan fingerprint density at radius 1 is 1.38 bits per heavy atom. The molecule has 1 heterocycles. The Morgan fingerprint density at radius 3 is 2.88 bits per heavy atom. The average molecular weight is 345 g/mol. The van der Waals surface area contributed by atoms with Gasteiger partial charge < -0.3 is 9.64 Å². The van der Waals surface area contributed by atoms with Crippen LogP contribution in [0.1, 0.15) is 39.6 Å². The fourth-order valence-electron chi connectivity index (χ4n) is 3.06. The lowest BCUT2D eigenvalue weighted by atomic mass is 10.1. The Morgan fingerprint density at radius 2 is 2.12 bits per heavy atom. The zero-order valence-electron chi connectivity index (χ0n) is 13.8. The van der Waals surface area contributed by atoms with Gasteiger partial charge in [0.1, 0.15) is 10.6 Å². The topological polar surface area (TPSA) is 71.5 Å². The highest BCUT2D eigenvalue weighted by molar-refractivity contribution is 7.11. The second-order valence-electron chi connectivity index (χ2n) is 5.76. The van der Waals surface area contributed by atoms with E-state index in [2.05, 4.69) is 21.8 Å². The molecule has 1 atom stereocenters. The van der Waals surface area contributed by atoms with Crippen LogP contribution in [0, 0.1) is 6.92 Å². The molecular formula is C17H19N3O3S. The van der Waals surface area contributed by atoms with E-state index in [1.807, 2.05) is 12.1 Å². The first-order valence-corrected chi connectivity index (χ1v) is 8.46. The number of amides is 2. The maximum absolute atomic E-state index is 12.6. The van der Waals surface area contributed by atoms with Gasteiger partial charge in [0.2, 0.25) is 0 Å². The highest BCUT2D eigenvalue weighted by Crippen LogP contribution is 2.35. The molecule has 0 spiro atoms. The summed E-state index contributed by atoms with van der Waals surface area (Å²) >= 11 is 1.08. The van der Waals surface area contributed by atoms with Crippen LogP contribution in [0.4, 0.5) is 9.80 Å². The molecule has 0 fully saturated rings. The van der Waals surface area contributed by atoms with Crippen molar-refractivity contribution in [3.05, 3.63) is 46.6 Å². The van der Waals surface area contributed by atoms with Gasteiger partial charge in [0.15, 0.2) is 0 Å². The van der Waals surface area contributed by atoms with Crippen LogP contribution < -0.4 is 5.32 Å². The van der Waals surface area contributed by atoms with Crippen LogP contribution >= 0.6 is 11.5 Å². The van der Waals surface area contributed by atoms with Crippen LogP contribution in [-0.2, 0) is 11.2 Å². The first-order valence-electron chi connectivity index (χ1n) is 7.69. The van der Waals surface area contributed by atoms with Crippen LogP contribution in [0.2, 0.25) is 0 Å². The predicted octanol–water partition coefficient (Wildman–Crippen LogP) is 3.39. The molecule has 0 radical (unpaired) electrons. The number of hydrogen-bond acceptors (Lipinski definition) is 5. The van der Waals surface area contributed by atoms with Crippen molar-refractivity contribution >= 4 is 28.5 Å². The molecule has 6 nitrogen and oxygen atoms in total. The molecule has 24 heavy (non-hydrogen) atoms. The molecule has 126 valence electrons. The minimum atomic E-state index is -0.495. The van der Waals surface area contributed by atoms with E-state index in [4.69, 9.17) is 4.74 Å². The highest BCUT2D eigenvalue weighted by Gasteiger charge is 2.29. The molecule has 3 rings (SSSR count). The zero-order valence-corrected chi connectivity index (χ0v) is 14.6. The number of hydrogen-bond donors (Lipinski definition) is 1. The third kappa shape index (κ3) is 2.87. The molecule has 7 heteroatoms. The third-order valence-corrected chi connectivity index (χ3v) is 5.22. The van der Waals surface area contributed by atoms with Crippen molar-refractivity contribution in [1.82, 2.24) is 9.27 Å². The fourth-order valence-corrected chi connectivity index (χ4v) is 3.84. The Balaban J connectivity index is 1.78. The number of nitrogens with one attached hydrogen (secondary N) is 1. The average Bonchev–Trinajstić information content (AvgIpc) is 3.17. The summed E-state index contributed by atoms with van der Waals surface area (Å²) in [7, 11) is 3.08. The van der Waals surface area contributed by atoms with Crippen molar-refractivity contribution in [1.29, 1.82) is 0 Å². The monoisotopic (exact) mass is 345 g/mol. The van der Waals surface area contributed by atoms with Gasteiger partial charge in [-0.25, -0.2) is 9.59 Å². The summed E-state index contributed by atoms with van der Waals surface area (Å²) < 4.78 is 8.91. The van der Waals surface area contributed by atoms with Crippen LogP contribution in [0.15, 0.2) is 24.3 Å². The van der Waals surface area contributed by atoms with E-state index < -0.39 is 5.97 Å². The first-order chi connectivity index (χ1) is 11.5. The highest BCUT2D eigenvalue weighted by atomic mass is 32.1. The van der Waals surface area contributed by atoms with Crippen molar-refractivity contribution in [2.45, 2.75) is 25.8 Å². The Labute approximate surface area is 144 Å². The lowest BCUT2D eigenvalue weighted by Gasteiger charge is -2.25. The van der Waals surface area contributed by atoms with E-state index in [9.17, 15) is 9.59 Å². The van der Waals surface area contributed by atoms with Crippen molar-refractivity contribution in [3.8, 4) is 0 Å². The number of benzene rings is 1. The van der Waals surface area contributed by atoms with Gasteiger partial charge in [0.25, 0.3) is 0 Å². The number of aryl methyl sites for hydroxylation is 2. The first kappa shape index (κ1) is 16.4. The molecule has 2 aromatic rings. The lowest BCUT2D eigenvalue weighted by Crippen LogP contribution is -2.34. The van der Waals surface area contributed by atoms with Gasteiger partial charge in [-0.15, -0.1) is 0 Å². The number of ether oxygens (including phenoxy) is 1. The number of anilines is 1. The van der Waals surface area contributed by atoms with Crippen LogP contribution in [0.3, 0.4) is 0 Å². The number of fused-ring (bicyclic) bond motifs is 1. The summed E-state index contributed by atoms with van der Waals surface area (Å²) in [5.74, 6) is -0.495. The van der Waals surface area contributed by atoms with E-state index in [-0.39, 0.29) is 12.1 Å². The minimum absolute atomic E-state index is 0.0387. The molecular weight excluding hydrogens is 326 g/mol. The number of rotatable bonds is 3. The fraction of sp³-hybridized carbons (Fsp3) is 0.353. The number of carbonyl (C=O) groups excluding carboxylic acids is 2. The quantitative estimate of drug-likeness (QED) is 0.866. The zero-order chi connectivity index (χ0) is 17.3. The van der Waals surface area contributed by atoms with Gasteiger partial charge >= 0.3 is 12.0 Å². The normalized spacial score (nSPS) is 15.7. The summed E-state index contributed by atoms with van der Waals surface area (Å²) in [6, 6.07) is 7.95. The van der Waals surface area contributed by atoms with Crippen molar-refractivity contribution < 1.29 is 14.3 Å².